The maximum absolute atomic E-state index is 12.0. The van der Waals surface area contributed by atoms with E-state index >= 15 is 0 Å². The molecule has 1 unspecified atom stereocenters. The first kappa shape index (κ1) is 16.1. The van der Waals surface area contributed by atoms with Gasteiger partial charge in [-0.15, -0.1) is 0 Å². The highest BCUT2D eigenvalue weighted by atomic mass is 79.9. The average Bonchev–Trinajstić information content (AvgIpc) is 2.42. The summed E-state index contributed by atoms with van der Waals surface area (Å²) in [5, 5.41) is 16.2. The number of nitrogens with zero attached hydrogens (tertiary/aromatic N) is 2. The summed E-state index contributed by atoms with van der Waals surface area (Å²) in [7, 11) is 3.10. The Morgan fingerprint density at radius 3 is 2.84 bits per heavy atom. The van der Waals surface area contributed by atoms with Gasteiger partial charge in [-0.1, -0.05) is 0 Å². The molecule has 1 rings (SSSR count). The van der Waals surface area contributed by atoms with Crippen molar-refractivity contribution in [2.75, 3.05) is 39.4 Å². The second-order valence-corrected chi connectivity index (χ2v) is 4.67. The topological polar surface area (TPSA) is 85.6 Å². The van der Waals surface area contributed by atoms with Crippen LogP contribution in [-0.2, 0) is 16.0 Å². The second-order valence-electron chi connectivity index (χ2n) is 3.87. The molecule has 0 spiro atoms. The van der Waals surface area contributed by atoms with Gasteiger partial charge in [0, 0.05) is 14.2 Å². The fourth-order valence-corrected chi connectivity index (χ4v) is 1.89. The SMILES string of the molecule is COCCn1ncc(NC(CO)COC)c(Br)c1=O. The molecule has 0 radical (unpaired) electrons. The summed E-state index contributed by atoms with van der Waals surface area (Å²) in [6.45, 7) is 1.02. The third-order valence-electron chi connectivity index (χ3n) is 2.44. The van der Waals surface area contributed by atoms with Crippen molar-refractivity contribution in [1.82, 2.24) is 9.78 Å². The lowest BCUT2D eigenvalue weighted by molar-refractivity contribution is 0.153. The highest BCUT2D eigenvalue weighted by molar-refractivity contribution is 9.10. The van der Waals surface area contributed by atoms with Crippen LogP contribution < -0.4 is 10.9 Å². The number of aromatic nitrogens is 2. The molecule has 0 aliphatic heterocycles. The molecule has 7 nitrogen and oxygen atoms in total. The highest BCUT2D eigenvalue weighted by Crippen LogP contribution is 2.17. The number of aliphatic hydroxyl groups excluding tert-OH is 1. The van der Waals surface area contributed by atoms with Crippen LogP contribution in [0.1, 0.15) is 0 Å². The lowest BCUT2D eigenvalue weighted by atomic mass is 10.3. The van der Waals surface area contributed by atoms with Gasteiger partial charge in [0.05, 0.1) is 44.3 Å². The van der Waals surface area contributed by atoms with E-state index in [1.165, 1.54) is 10.9 Å². The number of aliphatic hydroxyl groups is 1. The number of halogens is 1. The van der Waals surface area contributed by atoms with E-state index in [1.807, 2.05) is 0 Å². The predicted molar refractivity (Wildman–Crippen MR) is 74.4 cm³/mol. The van der Waals surface area contributed by atoms with E-state index in [4.69, 9.17) is 9.47 Å². The van der Waals surface area contributed by atoms with Gasteiger partial charge >= 0.3 is 0 Å². The molecular formula is C11H18BrN3O4. The van der Waals surface area contributed by atoms with Crippen LogP contribution in [0.15, 0.2) is 15.5 Å². The third kappa shape index (κ3) is 4.57. The van der Waals surface area contributed by atoms with Crippen molar-refractivity contribution >= 4 is 21.6 Å². The fraction of sp³-hybridized carbons (Fsp3) is 0.636. The minimum absolute atomic E-state index is 0.104. The number of rotatable bonds is 8. The molecule has 1 aromatic heterocycles. The van der Waals surface area contributed by atoms with Crippen molar-refractivity contribution in [2.45, 2.75) is 12.6 Å². The van der Waals surface area contributed by atoms with Crippen LogP contribution >= 0.6 is 15.9 Å². The van der Waals surface area contributed by atoms with Gasteiger partial charge < -0.3 is 19.9 Å². The maximum atomic E-state index is 12.0. The summed E-state index contributed by atoms with van der Waals surface area (Å²) in [5.74, 6) is 0. The van der Waals surface area contributed by atoms with Crippen molar-refractivity contribution in [2.24, 2.45) is 0 Å². The minimum atomic E-state index is -0.294. The predicted octanol–water partition coefficient (Wildman–Crippen LogP) is 0.0714. The lowest BCUT2D eigenvalue weighted by Gasteiger charge is -2.17. The smallest absolute Gasteiger partial charge is 0.283 e. The highest BCUT2D eigenvalue weighted by Gasteiger charge is 2.13. The molecule has 1 atom stereocenters. The van der Waals surface area contributed by atoms with E-state index in [2.05, 4.69) is 26.3 Å². The molecule has 8 heteroatoms. The Bertz CT molecular complexity index is 452. The Morgan fingerprint density at radius 2 is 2.26 bits per heavy atom. The quantitative estimate of drug-likeness (QED) is 0.699. The molecule has 1 aromatic rings. The van der Waals surface area contributed by atoms with Crippen molar-refractivity contribution in [3.63, 3.8) is 0 Å². The Hall–Kier alpha value is -0.960. The molecule has 108 valence electrons. The van der Waals surface area contributed by atoms with Gasteiger partial charge in [0.25, 0.3) is 5.56 Å². The van der Waals surface area contributed by atoms with E-state index in [0.717, 1.165) is 0 Å². The average molecular weight is 336 g/mol. The van der Waals surface area contributed by atoms with Crippen LogP contribution in [0.5, 0.6) is 0 Å². The van der Waals surface area contributed by atoms with E-state index < -0.39 is 0 Å². The van der Waals surface area contributed by atoms with Gasteiger partial charge in [0.2, 0.25) is 0 Å². The van der Waals surface area contributed by atoms with Crippen molar-refractivity contribution < 1.29 is 14.6 Å². The van der Waals surface area contributed by atoms with Crippen LogP contribution in [-0.4, -0.2) is 55.0 Å². The van der Waals surface area contributed by atoms with E-state index in [0.29, 0.717) is 29.9 Å². The molecule has 19 heavy (non-hydrogen) atoms. The Kier molecular flexibility index (Phi) is 7.00. The monoisotopic (exact) mass is 335 g/mol. The first-order valence-electron chi connectivity index (χ1n) is 5.75. The zero-order chi connectivity index (χ0) is 14.3. The van der Waals surface area contributed by atoms with Gasteiger partial charge in [-0.05, 0) is 15.9 Å². The number of hydrogen-bond donors (Lipinski definition) is 2. The molecule has 0 saturated carbocycles. The van der Waals surface area contributed by atoms with E-state index in [-0.39, 0.29) is 18.2 Å². The molecule has 0 aliphatic carbocycles. The van der Waals surface area contributed by atoms with Crippen molar-refractivity contribution in [3.05, 3.63) is 21.0 Å². The molecule has 0 saturated heterocycles. The molecule has 2 N–H and O–H groups in total. The first-order chi connectivity index (χ1) is 9.13. The molecule has 0 aromatic carbocycles. The number of ether oxygens (including phenoxy) is 2. The van der Waals surface area contributed by atoms with Gasteiger partial charge in [-0.2, -0.15) is 5.10 Å². The van der Waals surface area contributed by atoms with Crippen LogP contribution in [0, 0.1) is 0 Å². The number of hydrogen-bond acceptors (Lipinski definition) is 6. The number of anilines is 1. The standard InChI is InChI=1S/C11H18BrN3O4/c1-18-4-3-15-11(17)10(12)9(5-13-15)14-8(6-16)7-19-2/h5,8,14,16H,3-4,6-7H2,1-2H3. The van der Waals surface area contributed by atoms with Gasteiger partial charge in [-0.3, -0.25) is 4.79 Å². The largest absolute Gasteiger partial charge is 0.394 e. The Labute approximate surface area is 119 Å². The van der Waals surface area contributed by atoms with Crippen LogP contribution in [0.4, 0.5) is 5.69 Å². The Balaban J connectivity index is 2.86. The zero-order valence-electron chi connectivity index (χ0n) is 10.9. The number of nitrogens with one attached hydrogen (secondary N) is 1. The minimum Gasteiger partial charge on any atom is -0.394 e. The summed E-state index contributed by atoms with van der Waals surface area (Å²) < 4.78 is 11.5. The van der Waals surface area contributed by atoms with Crippen molar-refractivity contribution in [3.8, 4) is 0 Å². The van der Waals surface area contributed by atoms with Crippen LogP contribution in [0.25, 0.3) is 0 Å². The first-order valence-corrected chi connectivity index (χ1v) is 6.54. The summed E-state index contributed by atoms with van der Waals surface area (Å²) in [5.41, 5.74) is 0.269. The van der Waals surface area contributed by atoms with Gasteiger partial charge in [0.1, 0.15) is 4.47 Å². The van der Waals surface area contributed by atoms with Gasteiger partial charge in [0.15, 0.2) is 0 Å². The lowest BCUT2D eigenvalue weighted by Crippen LogP contribution is -2.31. The molecule has 0 aliphatic rings. The molecule has 0 amide bonds. The van der Waals surface area contributed by atoms with Crippen molar-refractivity contribution in [1.29, 1.82) is 0 Å². The van der Waals surface area contributed by atoms with E-state index in [9.17, 15) is 9.90 Å². The third-order valence-corrected chi connectivity index (χ3v) is 3.21. The summed E-state index contributed by atoms with van der Waals surface area (Å²) in [4.78, 5) is 12.0. The second kappa shape index (κ2) is 8.26. The number of methoxy groups -OCH3 is 2. The zero-order valence-corrected chi connectivity index (χ0v) is 12.5. The normalized spacial score (nSPS) is 12.4. The fourth-order valence-electron chi connectivity index (χ4n) is 1.46. The maximum Gasteiger partial charge on any atom is 0.283 e. The van der Waals surface area contributed by atoms with Gasteiger partial charge in [-0.25, -0.2) is 4.68 Å². The van der Waals surface area contributed by atoms with Crippen LogP contribution in [0.3, 0.4) is 0 Å². The summed E-state index contributed by atoms with van der Waals surface area (Å²) >= 11 is 3.23. The summed E-state index contributed by atoms with van der Waals surface area (Å²) in [6.07, 6.45) is 1.53. The molecule has 0 bridgehead atoms. The molecular weight excluding hydrogens is 318 g/mol. The summed E-state index contributed by atoms with van der Waals surface area (Å²) in [6, 6.07) is -0.294. The Morgan fingerprint density at radius 1 is 1.53 bits per heavy atom. The molecule has 0 fully saturated rings. The van der Waals surface area contributed by atoms with Crippen LogP contribution in [0.2, 0.25) is 0 Å². The molecule has 1 heterocycles. The van der Waals surface area contributed by atoms with E-state index in [1.54, 1.807) is 14.2 Å².